The van der Waals surface area contributed by atoms with Gasteiger partial charge in [0.1, 0.15) is 11.2 Å². The first kappa shape index (κ1) is 29.1. The van der Waals surface area contributed by atoms with Gasteiger partial charge in [-0.15, -0.1) is 0 Å². The average Bonchev–Trinajstić information content (AvgIpc) is 3.73. The molecule has 10 rings (SSSR count). The van der Waals surface area contributed by atoms with Gasteiger partial charge < -0.3 is 4.42 Å². The lowest BCUT2D eigenvalue weighted by atomic mass is 9.94. The van der Waals surface area contributed by atoms with Crippen LogP contribution >= 0.6 is 0 Å². The van der Waals surface area contributed by atoms with E-state index in [1.165, 1.54) is 10.9 Å². The van der Waals surface area contributed by atoms with Gasteiger partial charge in [0.15, 0.2) is 11.6 Å². The van der Waals surface area contributed by atoms with Crippen LogP contribution < -0.4 is 0 Å². The lowest BCUT2D eigenvalue weighted by Gasteiger charge is -2.11. The van der Waals surface area contributed by atoms with E-state index in [1.54, 1.807) is 0 Å². The van der Waals surface area contributed by atoms with Gasteiger partial charge >= 0.3 is 0 Å². The van der Waals surface area contributed by atoms with Gasteiger partial charge in [-0.25, -0.2) is 4.98 Å². The van der Waals surface area contributed by atoms with Crippen molar-refractivity contribution in [3.63, 3.8) is 0 Å². The first-order valence-corrected chi connectivity index (χ1v) is 17.1. The van der Waals surface area contributed by atoms with Gasteiger partial charge in [-0.1, -0.05) is 127 Å². The van der Waals surface area contributed by atoms with Crippen LogP contribution in [0.5, 0.6) is 0 Å². The van der Waals surface area contributed by atoms with Crippen molar-refractivity contribution in [1.82, 2.24) is 19.5 Å². The van der Waals surface area contributed by atoms with Gasteiger partial charge in [0.2, 0.25) is 5.95 Å². The number of aromatic nitrogens is 4. The number of hydrogen-bond donors (Lipinski definition) is 0. The molecule has 0 spiro atoms. The van der Waals surface area contributed by atoms with Crippen LogP contribution in [0.2, 0.25) is 0 Å². The summed E-state index contributed by atoms with van der Waals surface area (Å²) in [6.45, 7) is 2.12. The van der Waals surface area contributed by atoms with E-state index in [0.29, 0.717) is 17.6 Å². The first-order chi connectivity index (χ1) is 25.2. The molecule has 0 saturated carbocycles. The second-order valence-corrected chi connectivity index (χ2v) is 13.0. The zero-order valence-corrected chi connectivity index (χ0v) is 27.8. The largest absolute Gasteiger partial charge is 0.456 e. The predicted octanol–water partition coefficient (Wildman–Crippen LogP) is 11.8. The molecular weight excluding hydrogens is 625 g/mol. The molecule has 10 aromatic rings. The molecule has 5 heteroatoms. The van der Waals surface area contributed by atoms with Crippen molar-refractivity contribution in [2.75, 3.05) is 0 Å². The smallest absolute Gasteiger partial charge is 0.238 e. The minimum absolute atomic E-state index is 0.567. The molecule has 0 bridgehead atoms. The Morgan fingerprint density at radius 3 is 1.82 bits per heavy atom. The molecule has 51 heavy (non-hydrogen) atoms. The Labute approximate surface area is 294 Å². The monoisotopic (exact) mass is 654 g/mol. The molecule has 240 valence electrons. The summed E-state index contributed by atoms with van der Waals surface area (Å²) >= 11 is 0. The van der Waals surface area contributed by atoms with Gasteiger partial charge in [0.05, 0.1) is 11.0 Å². The summed E-state index contributed by atoms with van der Waals surface area (Å²) in [5.41, 5.74) is 11.2. The molecule has 0 aliphatic rings. The number of benzene rings is 7. The number of fused-ring (bicyclic) bond motifs is 6. The molecule has 0 saturated heterocycles. The van der Waals surface area contributed by atoms with Crippen LogP contribution in [0.15, 0.2) is 168 Å². The van der Waals surface area contributed by atoms with Crippen LogP contribution in [-0.2, 0) is 0 Å². The van der Waals surface area contributed by atoms with Crippen molar-refractivity contribution in [2.24, 2.45) is 0 Å². The van der Waals surface area contributed by atoms with Crippen molar-refractivity contribution < 1.29 is 4.42 Å². The third-order valence-electron chi connectivity index (χ3n) is 9.71. The van der Waals surface area contributed by atoms with Gasteiger partial charge in [-0.05, 0) is 71.6 Å². The normalized spacial score (nSPS) is 11.6. The maximum atomic E-state index is 6.71. The summed E-state index contributed by atoms with van der Waals surface area (Å²) < 4.78 is 8.86. The number of hydrogen-bond acceptors (Lipinski definition) is 4. The fourth-order valence-corrected chi connectivity index (χ4v) is 7.30. The van der Waals surface area contributed by atoms with E-state index in [9.17, 15) is 0 Å². The molecule has 0 amide bonds. The summed E-state index contributed by atoms with van der Waals surface area (Å²) in [5, 5.41) is 4.46. The molecule has 0 aliphatic heterocycles. The predicted molar refractivity (Wildman–Crippen MR) is 208 cm³/mol. The van der Waals surface area contributed by atoms with Crippen molar-refractivity contribution in [3.05, 3.63) is 169 Å². The van der Waals surface area contributed by atoms with E-state index >= 15 is 0 Å². The third kappa shape index (κ3) is 4.90. The van der Waals surface area contributed by atoms with E-state index in [4.69, 9.17) is 19.4 Å². The van der Waals surface area contributed by atoms with Gasteiger partial charge in [0.25, 0.3) is 0 Å². The highest BCUT2D eigenvalue weighted by Crippen LogP contribution is 2.41. The standard InChI is InChI=1S/C46H30N4O/c1-29-21-24-40-38(25-29)35-19-11-12-20-39(35)50(40)46-48-44(32-17-9-4-10-18-32)47-45(49-46)33-22-23-36-41(27-33)51-42-28-34(30-13-5-2-6-14-30)26-37(43(36)42)31-15-7-3-8-16-31/h2-28H,1H3. The van der Waals surface area contributed by atoms with E-state index in [-0.39, 0.29) is 0 Å². The Hall–Kier alpha value is -6.85. The van der Waals surface area contributed by atoms with E-state index in [0.717, 1.165) is 71.7 Å². The maximum Gasteiger partial charge on any atom is 0.238 e. The molecule has 0 fully saturated rings. The van der Waals surface area contributed by atoms with Gasteiger partial charge in [-0.2, -0.15) is 9.97 Å². The van der Waals surface area contributed by atoms with E-state index in [1.807, 2.05) is 36.4 Å². The number of nitrogens with zero attached hydrogens (tertiary/aromatic N) is 4. The quantitative estimate of drug-likeness (QED) is 0.185. The third-order valence-corrected chi connectivity index (χ3v) is 9.71. The van der Waals surface area contributed by atoms with Crippen molar-refractivity contribution >= 4 is 43.7 Å². The summed E-state index contributed by atoms with van der Waals surface area (Å²) in [6, 6.07) is 56.8. The molecular formula is C46H30N4O. The van der Waals surface area contributed by atoms with Crippen LogP contribution in [0.1, 0.15) is 5.56 Å². The summed E-state index contributed by atoms with van der Waals surface area (Å²) in [6.07, 6.45) is 0. The SMILES string of the molecule is Cc1ccc2c(c1)c1ccccc1n2-c1nc(-c2ccccc2)nc(-c2ccc3c(c2)oc2cc(-c4ccccc4)cc(-c4ccccc4)c23)n1. The minimum Gasteiger partial charge on any atom is -0.456 e. The molecule has 0 aliphatic carbocycles. The van der Waals surface area contributed by atoms with Crippen LogP contribution in [-0.4, -0.2) is 19.5 Å². The molecule has 0 atom stereocenters. The second-order valence-electron chi connectivity index (χ2n) is 13.0. The number of para-hydroxylation sites is 1. The summed E-state index contributed by atoms with van der Waals surface area (Å²) in [7, 11) is 0. The van der Waals surface area contributed by atoms with Crippen molar-refractivity contribution in [1.29, 1.82) is 0 Å². The zero-order valence-electron chi connectivity index (χ0n) is 27.8. The number of aryl methyl sites for hydroxylation is 1. The van der Waals surface area contributed by atoms with Gasteiger partial charge in [0, 0.05) is 32.7 Å². The molecule has 5 nitrogen and oxygen atoms in total. The zero-order chi connectivity index (χ0) is 33.9. The minimum atomic E-state index is 0.567. The molecule has 7 aromatic carbocycles. The average molecular weight is 655 g/mol. The second kappa shape index (κ2) is 11.6. The maximum absolute atomic E-state index is 6.71. The summed E-state index contributed by atoms with van der Waals surface area (Å²) in [4.78, 5) is 15.3. The highest BCUT2D eigenvalue weighted by molar-refractivity contribution is 6.14. The Balaban J connectivity index is 1.20. The number of furan rings is 1. The van der Waals surface area contributed by atoms with Crippen molar-refractivity contribution in [3.8, 4) is 51.0 Å². The molecule has 0 N–H and O–H groups in total. The fourth-order valence-electron chi connectivity index (χ4n) is 7.30. The molecule has 0 radical (unpaired) electrons. The Morgan fingerprint density at radius 1 is 0.431 bits per heavy atom. The molecule has 3 aromatic heterocycles. The van der Waals surface area contributed by atoms with Crippen LogP contribution in [0.4, 0.5) is 0 Å². The van der Waals surface area contributed by atoms with Crippen LogP contribution in [0.25, 0.3) is 94.7 Å². The highest BCUT2D eigenvalue weighted by atomic mass is 16.3. The molecule has 0 unspecified atom stereocenters. The van der Waals surface area contributed by atoms with Crippen molar-refractivity contribution in [2.45, 2.75) is 6.92 Å². The number of rotatable bonds is 5. The Bertz CT molecular complexity index is 2910. The van der Waals surface area contributed by atoms with Gasteiger partial charge in [-0.3, -0.25) is 4.57 Å². The summed E-state index contributed by atoms with van der Waals surface area (Å²) in [5.74, 6) is 1.75. The highest BCUT2D eigenvalue weighted by Gasteiger charge is 2.20. The van der Waals surface area contributed by atoms with E-state index in [2.05, 4.69) is 139 Å². The first-order valence-electron chi connectivity index (χ1n) is 17.1. The Morgan fingerprint density at radius 2 is 1.06 bits per heavy atom. The Kier molecular flexibility index (Phi) is 6.64. The lowest BCUT2D eigenvalue weighted by Crippen LogP contribution is -2.06. The molecule has 3 heterocycles. The topological polar surface area (TPSA) is 56.7 Å². The van der Waals surface area contributed by atoms with Crippen LogP contribution in [0.3, 0.4) is 0 Å². The lowest BCUT2D eigenvalue weighted by molar-refractivity contribution is 0.669. The van der Waals surface area contributed by atoms with E-state index < -0.39 is 0 Å². The van der Waals surface area contributed by atoms with Crippen LogP contribution in [0, 0.1) is 6.92 Å². The fraction of sp³-hybridized carbons (Fsp3) is 0.0217.